The fourth-order valence-corrected chi connectivity index (χ4v) is 9.68. The van der Waals surface area contributed by atoms with Crippen molar-refractivity contribution < 1.29 is 38.1 Å². The van der Waals surface area contributed by atoms with Gasteiger partial charge in [0.05, 0.1) is 49.4 Å². The minimum Gasteiger partial charge on any atom is -0.497 e. The summed E-state index contributed by atoms with van der Waals surface area (Å²) in [5.41, 5.74) is 11.3. The molecule has 8 rings (SSSR count). The lowest BCUT2D eigenvalue weighted by atomic mass is 10.1. The van der Waals surface area contributed by atoms with E-state index in [9.17, 15) is 19.2 Å². The van der Waals surface area contributed by atoms with Crippen LogP contribution in [0.3, 0.4) is 0 Å². The first-order valence-electron chi connectivity index (χ1n) is 23.2. The first-order chi connectivity index (χ1) is 34.0. The highest BCUT2D eigenvalue weighted by Crippen LogP contribution is 2.41. The van der Waals surface area contributed by atoms with Crippen LogP contribution >= 0.6 is 21.6 Å². The first kappa shape index (κ1) is 52.8. The zero-order valence-electron chi connectivity index (χ0n) is 40.5. The summed E-state index contributed by atoms with van der Waals surface area (Å²) in [5, 5.41) is 6.45. The molecule has 17 heteroatoms. The van der Waals surface area contributed by atoms with Crippen molar-refractivity contribution in [1.29, 1.82) is 0 Å². The Kier molecular flexibility index (Phi) is 20.0. The summed E-state index contributed by atoms with van der Waals surface area (Å²) >= 11 is 0. The van der Waals surface area contributed by atoms with Gasteiger partial charge >= 0.3 is 0 Å². The van der Waals surface area contributed by atoms with Crippen LogP contribution in [0.15, 0.2) is 102 Å². The molecule has 0 aliphatic carbocycles. The Labute approximate surface area is 418 Å². The summed E-state index contributed by atoms with van der Waals surface area (Å²) in [5.74, 6) is 7.33. The second-order valence-corrected chi connectivity index (χ2v) is 19.2. The number of hydrogen-bond donors (Lipinski definition) is 4. The molecule has 4 amide bonds. The fraction of sp³-hybridized carbons (Fsp3) is 0.340. The standard InChI is InChI=1S/C31H35N3O5.C17H16N2O2.C5H12N2OS2/c1-4-5-10-30(35)33-23-12-20(18-37-2)11-21(13-23)19-39-29-16-26-25(15-28(29)38-3)31(36)34-24(17-32-26)14-22-8-6-7-9-27(22)34;1-18-15-8-7-13(21-2)11-14(15)17(20)19-10-9-12-5-3-4-6-16(12)19;1-9-10-4-2-3-5(8)7-6/h6-9,11-13,15-16,24,32H,4-5,10,14,17-19H2,1-3H3,(H,33,35);3-8,11H,1,9-10H2,2H3;2-4,6H2,1H3,(H,7,8). The first-order valence-corrected chi connectivity index (χ1v) is 25.9. The number of benzene rings is 5. The summed E-state index contributed by atoms with van der Waals surface area (Å²) in [6.45, 7) is 7.59. The maximum absolute atomic E-state index is 13.7. The number of hydrogen-bond acceptors (Lipinski definition) is 13. The fourth-order valence-electron chi connectivity index (χ4n) is 8.40. The summed E-state index contributed by atoms with van der Waals surface area (Å²) < 4.78 is 22.4. The van der Waals surface area contributed by atoms with Gasteiger partial charge in [0.2, 0.25) is 11.8 Å². The molecule has 70 heavy (non-hydrogen) atoms. The molecule has 0 fully saturated rings. The molecule has 3 heterocycles. The number of carbonyl (C=O) groups excluding carboxylic acids is 4. The molecule has 0 aromatic heterocycles. The molecule has 5 N–H and O–H groups in total. The Morgan fingerprint density at radius 3 is 2.29 bits per heavy atom. The van der Waals surface area contributed by atoms with E-state index in [0.717, 1.165) is 66.0 Å². The van der Waals surface area contributed by atoms with Gasteiger partial charge in [-0.1, -0.05) is 71.3 Å². The van der Waals surface area contributed by atoms with Crippen molar-refractivity contribution >= 4 is 80.4 Å². The summed E-state index contributed by atoms with van der Waals surface area (Å²) in [6, 6.07) is 30.7. The van der Waals surface area contributed by atoms with Gasteiger partial charge in [0.15, 0.2) is 11.5 Å². The van der Waals surface area contributed by atoms with Crippen LogP contribution in [0, 0.1) is 0 Å². The molecular formula is C53H63N7O8S2. The third-order valence-corrected chi connectivity index (χ3v) is 13.7. The maximum Gasteiger partial charge on any atom is 0.260 e. The highest BCUT2D eigenvalue weighted by Gasteiger charge is 2.38. The molecule has 15 nitrogen and oxygen atoms in total. The van der Waals surface area contributed by atoms with Crippen molar-refractivity contribution in [3.63, 3.8) is 0 Å². The predicted molar refractivity (Wildman–Crippen MR) is 283 cm³/mol. The maximum atomic E-state index is 13.7. The lowest BCUT2D eigenvalue weighted by Gasteiger charge is -2.22. The third-order valence-electron chi connectivity index (χ3n) is 11.8. The quantitative estimate of drug-likeness (QED) is 0.0163. The summed E-state index contributed by atoms with van der Waals surface area (Å²) in [6.07, 6.45) is 7.44. The Balaban J connectivity index is 0.000000215. The molecule has 0 saturated heterocycles. The number of anilines is 4. The number of unbranched alkanes of at least 4 members (excludes halogenated alkanes) is 1. The van der Waals surface area contributed by atoms with Gasteiger partial charge in [0.1, 0.15) is 12.4 Å². The number of carbonyl (C=O) groups is 4. The van der Waals surface area contributed by atoms with Crippen molar-refractivity contribution in [3.8, 4) is 17.2 Å². The molecule has 0 saturated carbocycles. The number of amides is 4. The molecule has 5 aromatic carbocycles. The van der Waals surface area contributed by atoms with E-state index in [1.165, 1.54) is 11.1 Å². The lowest BCUT2D eigenvalue weighted by molar-refractivity contribution is -0.121. The Bertz CT molecular complexity index is 2630. The van der Waals surface area contributed by atoms with Gasteiger partial charge in [-0.25, -0.2) is 5.84 Å². The number of ether oxygens (including phenoxy) is 4. The van der Waals surface area contributed by atoms with Crippen molar-refractivity contribution in [2.24, 2.45) is 10.8 Å². The molecule has 0 radical (unpaired) electrons. The van der Waals surface area contributed by atoms with E-state index < -0.39 is 0 Å². The second kappa shape index (κ2) is 26.4. The highest BCUT2D eigenvalue weighted by atomic mass is 33.1. The van der Waals surface area contributed by atoms with Crippen LogP contribution in [0.5, 0.6) is 17.2 Å². The molecular weight excluding hydrogens is 927 g/mol. The number of para-hydroxylation sites is 2. The van der Waals surface area contributed by atoms with E-state index in [-0.39, 0.29) is 36.3 Å². The van der Waals surface area contributed by atoms with Crippen LogP contribution in [0.4, 0.5) is 28.4 Å². The van der Waals surface area contributed by atoms with E-state index in [1.807, 2.05) is 71.8 Å². The number of nitrogens with two attached hydrogens (primary N) is 1. The second-order valence-electron chi connectivity index (χ2n) is 16.5. The van der Waals surface area contributed by atoms with Crippen LogP contribution in [0.2, 0.25) is 0 Å². The zero-order chi connectivity index (χ0) is 50.0. The van der Waals surface area contributed by atoms with E-state index >= 15 is 0 Å². The highest BCUT2D eigenvalue weighted by molar-refractivity contribution is 8.76. The van der Waals surface area contributed by atoms with Gasteiger partial charge in [-0.3, -0.25) is 29.6 Å². The molecule has 370 valence electrons. The van der Waals surface area contributed by atoms with E-state index in [2.05, 4.69) is 46.8 Å². The number of fused-ring (bicyclic) bond motifs is 5. The number of methoxy groups -OCH3 is 3. The van der Waals surface area contributed by atoms with Crippen LogP contribution in [0.25, 0.3) is 0 Å². The van der Waals surface area contributed by atoms with Gasteiger partial charge < -0.3 is 39.4 Å². The molecule has 0 spiro atoms. The zero-order valence-corrected chi connectivity index (χ0v) is 42.1. The van der Waals surface area contributed by atoms with Gasteiger partial charge in [-0.15, -0.1) is 0 Å². The van der Waals surface area contributed by atoms with Crippen LogP contribution in [-0.4, -0.2) is 82.8 Å². The van der Waals surface area contributed by atoms with Crippen molar-refractivity contribution in [2.75, 3.05) is 66.9 Å². The summed E-state index contributed by atoms with van der Waals surface area (Å²) in [4.78, 5) is 57.0. The average Bonchev–Trinajstić information content (AvgIpc) is 3.96. The topological polar surface area (TPSA) is 186 Å². The third kappa shape index (κ3) is 13.6. The minimum absolute atomic E-state index is 0.00965. The Morgan fingerprint density at radius 1 is 0.857 bits per heavy atom. The van der Waals surface area contributed by atoms with Crippen molar-refractivity contribution in [2.45, 2.75) is 71.1 Å². The van der Waals surface area contributed by atoms with Crippen LogP contribution < -0.4 is 45.9 Å². The van der Waals surface area contributed by atoms with E-state index in [0.29, 0.717) is 72.3 Å². The van der Waals surface area contributed by atoms with Crippen molar-refractivity contribution in [3.05, 3.63) is 130 Å². The van der Waals surface area contributed by atoms with E-state index in [1.54, 1.807) is 72.1 Å². The number of nitrogens with one attached hydrogen (secondary N) is 3. The molecule has 3 aliphatic heterocycles. The minimum atomic E-state index is -0.0818. The van der Waals surface area contributed by atoms with Crippen LogP contribution in [0.1, 0.15) is 82.0 Å². The van der Waals surface area contributed by atoms with Gasteiger partial charge in [0.25, 0.3) is 11.8 Å². The molecule has 3 aliphatic rings. The average molecular weight is 990 g/mol. The number of aliphatic imine (C=N–C) groups is 1. The Hall–Kier alpha value is -6.53. The SMILES string of the molecule is C=Nc1ccc(OC)cc1C(=O)N1CCc2ccccc21.CCCCC(=O)Nc1cc(COC)cc(COc2cc3c(cc2OC)C(=O)N2c4ccccc4CC2CN3)c1.CSSCCCC(=O)NN. The van der Waals surface area contributed by atoms with Gasteiger partial charge in [0, 0.05) is 61.9 Å². The van der Waals surface area contributed by atoms with E-state index in [4.69, 9.17) is 24.8 Å². The normalized spacial score (nSPS) is 13.9. The number of nitrogens with zero attached hydrogens (tertiary/aromatic N) is 3. The number of hydrazine groups is 1. The smallest absolute Gasteiger partial charge is 0.260 e. The van der Waals surface area contributed by atoms with Gasteiger partial charge in [-0.2, -0.15) is 0 Å². The number of rotatable bonds is 18. The molecule has 1 atom stereocenters. The lowest BCUT2D eigenvalue weighted by Crippen LogP contribution is -2.39. The monoisotopic (exact) mass is 989 g/mol. The van der Waals surface area contributed by atoms with Gasteiger partial charge in [-0.05, 0) is 116 Å². The van der Waals surface area contributed by atoms with Crippen LogP contribution in [-0.2, 0) is 40.4 Å². The predicted octanol–water partition coefficient (Wildman–Crippen LogP) is 9.54. The molecule has 5 aromatic rings. The summed E-state index contributed by atoms with van der Waals surface area (Å²) in [7, 11) is 8.26. The largest absolute Gasteiger partial charge is 0.497 e. The Morgan fingerprint density at radius 2 is 1.59 bits per heavy atom. The molecule has 1 unspecified atom stereocenters. The molecule has 0 bridgehead atoms. The van der Waals surface area contributed by atoms with Crippen molar-refractivity contribution in [1.82, 2.24) is 5.43 Å².